The van der Waals surface area contributed by atoms with Crippen LogP contribution in [-0.2, 0) is 4.79 Å². The van der Waals surface area contributed by atoms with Gasteiger partial charge >= 0.3 is 0 Å². The number of anilines is 1. The molecule has 1 aliphatic rings. The zero-order valence-corrected chi connectivity index (χ0v) is 12.0. The highest BCUT2D eigenvalue weighted by molar-refractivity contribution is 5.95. The summed E-state index contributed by atoms with van der Waals surface area (Å²) in [4.78, 5) is 12.1. The van der Waals surface area contributed by atoms with Gasteiger partial charge in [0.1, 0.15) is 0 Å². The van der Waals surface area contributed by atoms with Crippen LogP contribution in [0.5, 0.6) is 17.2 Å². The van der Waals surface area contributed by atoms with Gasteiger partial charge in [-0.15, -0.1) is 0 Å². The number of ether oxygens (including phenoxy) is 3. The molecule has 6 heteroatoms. The summed E-state index contributed by atoms with van der Waals surface area (Å²) in [6, 6.07) is 3.30. The summed E-state index contributed by atoms with van der Waals surface area (Å²) >= 11 is 0. The first-order chi connectivity index (χ1) is 9.69. The Kier molecular flexibility index (Phi) is 4.68. The molecular formula is C14H20N2O4. The van der Waals surface area contributed by atoms with Crippen molar-refractivity contribution in [3.63, 3.8) is 0 Å². The summed E-state index contributed by atoms with van der Waals surface area (Å²) < 4.78 is 15.8. The number of carbonyl (C=O) groups is 1. The van der Waals surface area contributed by atoms with E-state index in [-0.39, 0.29) is 11.9 Å². The molecule has 110 valence electrons. The molecule has 0 radical (unpaired) electrons. The summed E-state index contributed by atoms with van der Waals surface area (Å²) in [6.45, 7) is 0.882. The zero-order valence-electron chi connectivity index (χ0n) is 12.0. The number of carbonyl (C=O) groups excluding carboxylic acids is 1. The van der Waals surface area contributed by atoms with E-state index < -0.39 is 0 Å². The first-order valence-electron chi connectivity index (χ1n) is 6.54. The summed E-state index contributed by atoms with van der Waals surface area (Å²) in [7, 11) is 4.63. The molecule has 0 aliphatic carbocycles. The third-order valence-corrected chi connectivity index (χ3v) is 3.31. The van der Waals surface area contributed by atoms with E-state index in [4.69, 9.17) is 14.2 Å². The first-order valence-corrected chi connectivity index (χ1v) is 6.54. The maximum absolute atomic E-state index is 12.1. The van der Waals surface area contributed by atoms with Crippen LogP contribution in [0.2, 0.25) is 0 Å². The standard InChI is InChI=1S/C14H20N2O4/c1-18-11-7-9(8-12(19-2)13(11)20-3)16-14(17)10-5-4-6-15-10/h7-8,10,15H,4-6H2,1-3H3,(H,16,17)/t10-/m0/s1. The van der Waals surface area contributed by atoms with Gasteiger partial charge in [-0.05, 0) is 19.4 Å². The highest BCUT2D eigenvalue weighted by Crippen LogP contribution is 2.39. The van der Waals surface area contributed by atoms with Crippen LogP contribution < -0.4 is 24.8 Å². The molecule has 1 aliphatic heterocycles. The summed E-state index contributed by atoms with van der Waals surface area (Å²) in [5, 5.41) is 6.02. The molecule has 1 amide bonds. The molecule has 0 unspecified atom stereocenters. The van der Waals surface area contributed by atoms with Crippen molar-refractivity contribution in [2.75, 3.05) is 33.2 Å². The first kappa shape index (κ1) is 14.5. The molecule has 0 saturated carbocycles. The number of rotatable bonds is 5. The molecule has 0 bridgehead atoms. The van der Waals surface area contributed by atoms with Crippen LogP contribution in [0.3, 0.4) is 0 Å². The van der Waals surface area contributed by atoms with Gasteiger partial charge < -0.3 is 24.8 Å². The number of hydrogen-bond acceptors (Lipinski definition) is 5. The van der Waals surface area contributed by atoms with Crippen LogP contribution in [0.15, 0.2) is 12.1 Å². The largest absolute Gasteiger partial charge is 0.493 e. The van der Waals surface area contributed by atoms with Crippen LogP contribution in [0.25, 0.3) is 0 Å². The minimum absolute atomic E-state index is 0.0447. The van der Waals surface area contributed by atoms with E-state index in [0.29, 0.717) is 22.9 Å². The fourth-order valence-electron chi connectivity index (χ4n) is 2.29. The van der Waals surface area contributed by atoms with E-state index in [1.807, 2.05) is 0 Å². The summed E-state index contributed by atoms with van der Waals surface area (Å²) in [6.07, 6.45) is 1.88. The lowest BCUT2D eigenvalue weighted by molar-refractivity contribution is -0.117. The van der Waals surface area contributed by atoms with Gasteiger partial charge in [0.25, 0.3) is 0 Å². The van der Waals surface area contributed by atoms with Crippen molar-refractivity contribution in [3.05, 3.63) is 12.1 Å². The van der Waals surface area contributed by atoms with E-state index in [1.54, 1.807) is 33.5 Å². The molecule has 1 atom stereocenters. The molecule has 1 heterocycles. The van der Waals surface area contributed by atoms with Gasteiger partial charge in [0.15, 0.2) is 11.5 Å². The lowest BCUT2D eigenvalue weighted by atomic mass is 10.2. The fourth-order valence-corrected chi connectivity index (χ4v) is 2.29. The van der Waals surface area contributed by atoms with E-state index in [2.05, 4.69) is 10.6 Å². The second-order valence-electron chi connectivity index (χ2n) is 4.55. The normalized spacial score (nSPS) is 17.6. The second-order valence-corrected chi connectivity index (χ2v) is 4.55. The van der Waals surface area contributed by atoms with Crippen LogP contribution in [0.1, 0.15) is 12.8 Å². The van der Waals surface area contributed by atoms with Gasteiger partial charge in [-0.3, -0.25) is 4.79 Å². The number of nitrogens with one attached hydrogen (secondary N) is 2. The summed E-state index contributed by atoms with van der Waals surface area (Å²) in [5.41, 5.74) is 0.623. The Labute approximate surface area is 118 Å². The molecule has 1 saturated heterocycles. The Morgan fingerprint density at radius 2 is 1.85 bits per heavy atom. The Balaban J connectivity index is 2.21. The fraction of sp³-hybridized carbons (Fsp3) is 0.500. The number of methoxy groups -OCH3 is 3. The minimum atomic E-state index is -0.130. The van der Waals surface area contributed by atoms with Crippen molar-refractivity contribution in [2.45, 2.75) is 18.9 Å². The highest BCUT2D eigenvalue weighted by Gasteiger charge is 2.23. The Morgan fingerprint density at radius 3 is 2.30 bits per heavy atom. The third kappa shape index (κ3) is 2.96. The van der Waals surface area contributed by atoms with Gasteiger partial charge in [0, 0.05) is 17.8 Å². The van der Waals surface area contributed by atoms with Gasteiger partial charge in [0.2, 0.25) is 11.7 Å². The van der Waals surface area contributed by atoms with E-state index in [1.165, 1.54) is 0 Å². The minimum Gasteiger partial charge on any atom is -0.493 e. The molecule has 1 aromatic rings. The highest BCUT2D eigenvalue weighted by atomic mass is 16.5. The zero-order chi connectivity index (χ0) is 14.5. The quantitative estimate of drug-likeness (QED) is 0.853. The average molecular weight is 280 g/mol. The topological polar surface area (TPSA) is 68.8 Å². The van der Waals surface area contributed by atoms with Crippen molar-refractivity contribution >= 4 is 11.6 Å². The maximum atomic E-state index is 12.1. The molecule has 2 rings (SSSR count). The molecule has 0 aromatic heterocycles. The average Bonchev–Trinajstić information content (AvgIpc) is 3.00. The molecular weight excluding hydrogens is 260 g/mol. The van der Waals surface area contributed by atoms with E-state index in [9.17, 15) is 4.79 Å². The molecule has 1 fully saturated rings. The number of amides is 1. The van der Waals surface area contributed by atoms with Gasteiger partial charge in [-0.25, -0.2) is 0 Å². The van der Waals surface area contributed by atoms with Gasteiger partial charge in [-0.2, -0.15) is 0 Å². The maximum Gasteiger partial charge on any atom is 0.241 e. The van der Waals surface area contributed by atoms with Crippen molar-refractivity contribution in [1.29, 1.82) is 0 Å². The lowest BCUT2D eigenvalue weighted by Gasteiger charge is -2.16. The molecule has 2 N–H and O–H groups in total. The Bertz CT molecular complexity index is 459. The van der Waals surface area contributed by atoms with E-state index in [0.717, 1.165) is 19.4 Å². The Hall–Kier alpha value is -1.95. The molecule has 6 nitrogen and oxygen atoms in total. The van der Waals surface area contributed by atoms with Crippen LogP contribution >= 0.6 is 0 Å². The van der Waals surface area contributed by atoms with Gasteiger partial charge in [0.05, 0.1) is 27.4 Å². The Morgan fingerprint density at radius 1 is 1.20 bits per heavy atom. The predicted molar refractivity (Wildman–Crippen MR) is 75.8 cm³/mol. The van der Waals surface area contributed by atoms with Crippen molar-refractivity contribution < 1.29 is 19.0 Å². The van der Waals surface area contributed by atoms with Gasteiger partial charge in [-0.1, -0.05) is 0 Å². The molecule has 20 heavy (non-hydrogen) atoms. The molecule has 1 aromatic carbocycles. The lowest BCUT2D eigenvalue weighted by Crippen LogP contribution is -2.35. The number of benzene rings is 1. The number of hydrogen-bond donors (Lipinski definition) is 2. The van der Waals surface area contributed by atoms with E-state index >= 15 is 0 Å². The third-order valence-electron chi connectivity index (χ3n) is 3.31. The monoisotopic (exact) mass is 280 g/mol. The van der Waals surface area contributed by atoms with Crippen molar-refractivity contribution in [1.82, 2.24) is 5.32 Å². The predicted octanol–water partition coefficient (Wildman–Crippen LogP) is 1.40. The van der Waals surface area contributed by atoms with Crippen molar-refractivity contribution in [2.24, 2.45) is 0 Å². The van der Waals surface area contributed by atoms with Crippen LogP contribution in [0, 0.1) is 0 Å². The molecule has 0 spiro atoms. The smallest absolute Gasteiger partial charge is 0.241 e. The SMILES string of the molecule is COc1cc(NC(=O)[C@@H]2CCCN2)cc(OC)c1OC. The van der Waals surface area contributed by atoms with Crippen LogP contribution in [-0.4, -0.2) is 39.8 Å². The summed E-state index contributed by atoms with van der Waals surface area (Å²) in [5.74, 6) is 1.49. The second kappa shape index (κ2) is 6.47. The van der Waals surface area contributed by atoms with Crippen LogP contribution in [0.4, 0.5) is 5.69 Å². The van der Waals surface area contributed by atoms with Crippen molar-refractivity contribution in [3.8, 4) is 17.2 Å².